The summed E-state index contributed by atoms with van der Waals surface area (Å²) in [4.78, 5) is 37.3. The van der Waals surface area contributed by atoms with Crippen LogP contribution < -0.4 is 10.6 Å². The van der Waals surface area contributed by atoms with Crippen molar-refractivity contribution in [2.75, 3.05) is 6.61 Å². The maximum absolute atomic E-state index is 12.9. The van der Waals surface area contributed by atoms with E-state index < -0.39 is 29.9 Å². The van der Waals surface area contributed by atoms with Crippen LogP contribution in [0.1, 0.15) is 57.1 Å². The highest BCUT2D eigenvalue weighted by atomic mass is 16.5. The zero-order chi connectivity index (χ0) is 25.1. The number of carbonyl (C=O) groups excluding carboxylic acids is 2. The number of carbonyl (C=O) groups is 3. The van der Waals surface area contributed by atoms with Crippen molar-refractivity contribution in [3.05, 3.63) is 59.7 Å². The molecule has 7 nitrogen and oxygen atoms in total. The number of amides is 2. The highest BCUT2D eigenvalue weighted by Gasteiger charge is 2.37. The highest BCUT2D eigenvalue weighted by Crippen LogP contribution is 2.44. The molecule has 0 aliphatic heterocycles. The van der Waals surface area contributed by atoms with Crippen molar-refractivity contribution in [3.8, 4) is 11.1 Å². The normalized spacial score (nSPS) is 20.6. The van der Waals surface area contributed by atoms with Crippen LogP contribution in [0, 0.1) is 17.8 Å². The van der Waals surface area contributed by atoms with E-state index in [2.05, 4.69) is 34.9 Å². The predicted molar refractivity (Wildman–Crippen MR) is 133 cm³/mol. The van der Waals surface area contributed by atoms with Crippen LogP contribution in [0.4, 0.5) is 4.79 Å². The average molecular weight is 479 g/mol. The fourth-order valence-electron chi connectivity index (χ4n) is 5.74. The molecular weight excluding hydrogens is 444 g/mol. The Morgan fingerprint density at radius 2 is 1.57 bits per heavy atom. The van der Waals surface area contributed by atoms with Crippen LogP contribution >= 0.6 is 0 Å². The molecule has 7 heteroatoms. The van der Waals surface area contributed by atoms with Gasteiger partial charge >= 0.3 is 12.1 Å². The SMILES string of the molecule is CC(C)C(C(=O)O)C(C)NC(=O)C1CCCC1NC(=O)OCC1c2ccccc2-c2ccccc21. The van der Waals surface area contributed by atoms with Gasteiger partial charge in [-0.25, -0.2) is 4.79 Å². The second-order valence-electron chi connectivity index (χ2n) is 10.0. The highest BCUT2D eigenvalue weighted by molar-refractivity contribution is 5.82. The van der Waals surface area contributed by atoms with Gasteiger partial charge in [-0.05, 0) is 47.9 Å². The lowest BCUT2D eigenvalue weighted by Crippen LogP contribution is -2.49. The molecule has 4 unspecified atom stereocenters. The lowest BCUT2D eigenvalue weighted by molar-refractivity contribution is -0.144. The van der Waals surface area contributed by atoms with E-state index in [9.17, 15) is 19.5 Å². The van der Waals surface area contributed by atoms with E-state index in [1.165, 1.54) is 11.1 Å². The summed E-state index contributed by atoms with van der Waals surface area (Å²) in [6, 6.07) is 15.5. The number of rotatable bonds is 8. The van der Waals surface area contributed by atoms with E-state index in [0.717, 1.165) is 17.5 Å². The minimum absolute atomic E-state index is 0.0272. The number of hydrogen-bond donors (Lipinski definition) is 3. The van der Waals surface area contributed by atoms with Crippen LogP contribution in [0.2, 0.25) is 0 Å². The minimum atomic E-state index is -0.924. The van der Waals surface area contributed by atoms with E-state index >= 15 is 0 Å². The van der Waals surface area contributed by atoms with Crippen molar-refractivity contribution < 1.29 is 24.2 Å². The summed E-state index contributed by atoms with van der Waals surface area (Å²) in [6.45, 7) is 5.60. The zero-order valence-corrected chi connectivity index (χ0v) is 20.5. The Hall–Kier alpha value is -3.35. The van der Waals surface area contributed by atoms with Crippen LogP contribution in [0.25, 0.3) is 11.1 Å². The van der Waals surface area contributed by atoms with Crippen molar-refractivity contribution in [2.45, 2.75) is 58.0 Å². The fourth-order valence-corrected chi connectivity index (χ4v) is 5.74. The van der Waals surface area contributed by atoms with Gasteiger partial charge in [-0.1, -0.05) is 68.8 Å². The van der Waals surface area contributed by atoms with Gasteiger partial charge in [-0.2, -0.15) is 0 Å². The summed E-state index contributed by atoms with van der Waals surface area (Å²) in [5.41, 5.74) is 4.62. The molecule has 0 spiro atoms. The first-order chi connectivity index (χ1) is 16.8. The molecule has 2 aromatic carbocycles. The van der Waals surface area contributed by atoms with E-state index in [-0.39, 0.29) is 30.4 Å². The van der Waals surface area contributed by atoms with Crippen LogP contribution in [-0.2, 0) is 14.3 Å². The Kier molecular flexibility index (Phi) is 7.43. The molecule has 4 atom stereocenters. The first kappa shape index (κ1) is 24.8. The third kappa shape index (κ3) is 5.19. The first-order valence-corrected chi connectivity index (χ1v) is 12.4. The Balaban J connectivity index is 1.35. The summed E-state index contributed by atoms with van der Waals surface area (Å²) in [5.74, 6) is -2.35. The molecule has 3 N–H and O–H groups in total. The summed E-state index contributed by atoms with van der Waals surface area (Å²) in [6.07, 6.45) is 1.61. The Labute approximate surface area is 206 Å². The van der Waals surface area contributed by atoms with Crippen LogP contribution in [0.3, 0.4) is 0 Å². The molecule has 0 radical (unpaired) electrons. The van der Waals surface area contributed by atoms with E-state index in [1.54, 1.807) is 6.92 Å². The number of benzene rings is 2. The summed E-state index contributed by atoms with van der Waals surface area (Å²) >= 11 is 0. The van der Waals surface area contributed by atoms with E-state index in [4.69, 9.17) is 4.74 Å². The monoisotopic (exact) mass is 478 g/mol. The van der Waals surface area contributed by atoms with Gasteiger partial charge in [0.15, 0.2) is 0 Å². The van der Waals surface area contributed by atoms with Crippen LogP contribution in [-0.4, -0.2) is 41.8 Å². The van der Waals surface area contributed by atoms with Gasteiger partial charge < -0.3 is 20.5 Å². The summed E-state index contributed by atoms with van der Waals surface area (Å²) < 4.78 is 5.65. The largest absolute Gasteiger partial charge is 0.481 e. The van der Waals surface area contributed by atoms with Crippen molar-refractivity contribution in [1.82, 2.24) is 10.6 Å². The number of carboxylic acids is 1. The number of hydrogen-bond acceptors (Lipinski definition) is 4. The van der Waals surface area contributed by atoms with Crippen LogP contribution in [0.5, 0.6) is 0 Å². The number of ether oxygens (including phenoxy) is 1. The van der Waals surface area contributed by atoms with Gasteiger partial charge in [0.2, 0.25) is 5.91 Å². The molecular formula is C28H34N2O5. The number of alkyl carbamates (subject to hydrolysis) is 1. The van der Waals surface area contributed by atoms with Gasteiger partial charge in [0.05, 0.1) is 11.8 Å². The number of aliphatic carboxylic acids is 1. The van der Waals surface area contributed by atoms with Crippen LogP contribution in [0.15, 0.2) is 48.5 Å². The van der Waals surface area contributed by atoms with E-state index in [0.29, 0.717) is 12.8 Å². The number of carboxylic acid groups (broad SMARTS) is 1. The smallest absolute Gasteiger partial charge is 0.407 e. The van der Waals surface area contributed by atoms with Crippen molar-refractivity contribution in [2.24, 2.45) is 17.8 Å². The number of nitrogens with one attached hydrogen (secondary N) is 2. The molecule has 1 saturated carbocycles. The Morgan fingerprint density at radius 3 is 2.14 bits per heavy atom. The third-order valence-corrected chi connectivity index (χ3v) is 7.41. The lowest BCUT2D eigenvalue weighted by Gasteiger charge is -2.27. The van der Waals surface area contributed by atoms with Gasteiger partial charge in [-0.15, -0.1) is 0 Å². The van der Waals surface area contributed by atoms with Crippen molar-refractivity contribution >= 4 is 18.0 Å². The Bertz CT molecular complexity index is 1050. The molecule has 0 bridgehead atoms. The minimum Gasteiger partial charge on any atom is -0.481 e. The molecule has 4 rings (SSSR count). The van der Waals surface area contributed by atoms with Crippen molar-refractivity contribution in [1.29, 1.82) is 0 Å². The maximum atomic E-state index is 12.9. The first-order valence-electron chi connectivity index (χ1n) is 12.4. The quantitative estimate of drug-likeness (QED) is 0.516. The molecule has 0 saturated heterocycles. The topological polar surface area (TPSA) is 105 Å². The van der Waals surface area contributed by atoms with Gasteiger partial charge in [-0.3, -0.25) is 9.59 Å². The fraction of sp³-hybridized carbons (Fsp3) is 0.464. The van der Waals surface area contributed by atoms with Gasteiger partial charge in [0.1, 0.15) is 6.61 Å². The zero-order valence-electron chi connectivity index (χ0n) is 20.5. The molecule has 1 fully saturated rings. The second-order valence-corrected chi connectivity index (χ2v) is 10.0. The maximum Gasteiger partial charge on any atom is 0.407 e. The number of fused-ring (bicyclic) bond motifs is 3. The standard InChI is InChI=1S/C28H34N2O5/c1-16(2)25(27(32)33)17(3)29-26(31)22-13-8-14-24(22)30-28(34)35-15-23-20-11-6-4-9-18(20)19-10-5-7-12-21(19)23/h4-7,9-12,16-17,22-25H,8,13-15H2,1-3H3,(H,29,31)(H,30,34)(H,32,33). The molecule has 2 aromatic rings. The molecule has 0 aromatic heterocycles. The molecule has 2 amide bonds. The molecule has 2 aliphatic carbocycles. The van der Waals surface area contributed by atoms with Gasteiger partial charge in [0.25, 0.3) is 0 Å². The van der Waals surface area contributed by atoms with Gasteiger partial charge in [0, 0.05) is 18.0 Å². The summed E-state index contributed by atoms with van der Waals surface area (Å²) in [5, 5.41) is 15.3. The Morgan fingerprint density at radius 1 is 0.971 bits per heavy atom. The second kappa shape index (κ2) is 10.5. The third-order valence-electron chi connectivity index (χ3n) is 7.41. The molecule has 186 valence electrons. The van der Waals surface area contributed by atoms with Crippen molar-refractivity contribution in [3.63, 3.8) is 0 Å². The summed E-state index contributed by atoms with van der Waals surface area (Å²) in [7, 11) is 0. The molecule has 35 heavy (non-hydrogen) atoms. The molecule has 0 heterocycles. The van der Waals surface area contributed by atoms with E-state index in [1.807, 2.05) is 38.1 Å². The molecule has 2 aliphatic rings. The predicted octanol–water partition coefficient (Wildman–Crippen LogP) is 4.56. The average Bonchev–Trinajstić information content (AvgIpc) is 3.39. The lowest BCUT2D eigenvalue weighted by atomic mass is 9.89.